The van der Waals surface area contributed by atoms with Gasteiger partial charge in [-0.25, -0.2) is 0 Å². The number of furan rings is 1. The number of rotatable bonds is 5. The zero-order chi connectivity index (χ0) is 22.4. The number of nitrogens with zero attached hydrogens (tertiary/aromatic N) is 3. The highest BCUT2D eigenvalue weighted by atomic mass is 19.4. The van der Waals surface area contributed by atoms with Crippen molar-refractivity contribution in [2.75, 3.05) is 39.8 Å². The summed E-state index contributed by atoms with van der Waals surface area (Å²) in [6, 6.07) is 8.83. The lowest BCUT2D eigenvalue weighted by Gasteiger charge is -2.36. The Morgan fingerprint density at radius 2 is 1.87 bits per heavy atom. The molecule has 0 aliphatic carbocycles. The van der Waals surface area contributed by atoms with E-state index < -0.39 is 11.7 Å². The molecule has 1 aliphatic rings. The van der Waals surface area contributed by atoms with Crippen molar-refractivity contribution < 1.29 is 22.4 Å². The van der Waals surface area contributed by atoms with E-state index in [0.717, 1.165) is 12.0 Å². The molecule has 1 fully saturated rings. The maximum Gasteiger partial charge on any atom is 0.416 e. The van der Waals surface area contributed by atoms with Crippen LogP contribution in [0.1, 0.15) is 40.9 Å². The molecule has 6 nitrogen and oxygen atoms in total. The van der Waals surface area contributed by atoms with Gasteiger partial charge in [-0.05, 0) is 36.1 Å². The number of aliphatic imine (C=N–C) groups is 1. The number of benzene rings is 1. The molecule has 0 bridgehead atoms. The molecule has 31 heavy (non-hydrogen) atoms. The molecule has 1 unspecified atom stereocenters. The van der Waals surface area contributed by atoms with Gasteiger partial charge in [-0.3, -0.25) is 9.79 Å². The first-order valence-corrected chi connectivity index (χ1v) is 10.2. The molecule has 1 amide bonds. The van der Waals surface area contributed by atoms with E-state index in [4.69, 9.17) is 4.42 Å². The second kappa shape index (κ2) is 9.89. The number of hydrogen-bond donors (Lipinski definition) is 1. The molecule has 2 heterocycles. The fraction of sp³-hybridized carbons (Fsp3) is 0.455. The third-order valence-electron chi connectivity index (χ3n) is 5.45. The van der Waals surface area contributed by atoms with Crippen LogP contribution in [-0.2, 0) is 6.18 Å². The van der Waals surface area contributed by atoms with Crippen LogP contribution in [0.4, 0.5) is 13.2 Å². The SMILES string of the molecule is CN=C(NCCC(C)c1cccc(C(F)(F)F)c1)N1CCN(C(=O)c2ccco2)CC1. The molecule has 1 N–H and O–H groups in total. The van der Waals surface area contributed by atoms with Gasteiger partial charge in [-0.2, -0.15) is 13.2 Å². The molecule has 2 aromatic rings. The standard InChI is InChI=1S/C22H27F3N4O2/c1-16(17-5-3-6-18(15-17)22(23,24)25)8-9-27-21(26-2)29-12-10-28(11-13-29)20(30)19-7-4-14-31-19/h3-7,14-16H,8-13H2,1-2H3,(H,26,27). The average Bonchev–Trinajstić information content (AvgIpc) is 3.31. The van der Waals surface area contributed by atoms with Crippen LogP contribution in [0.3, 0.4) is 0 Å². The molecular formula is C22H27F3N4O2. The summed E-state index contributed by atoms with van der Waals surface area (Å²) in [4.78, 5) is 20.5. The Labute approximate surface area is 179 Å². The third kappa shape index (κ3) is 5.80. The summed E-state index contributed by atoms with van der Waals surface area (Å²) >= 11 is 0. The fourth-order valence-corrected chi connectivity index (χ4v) is 3.60. The Balaban J connectivity index is 1.47. The van der Waals surface area contributed by atoms with Gasteiger partial charge >= 0.3 is 6.18 Å². The number of halogens is 3. The third-order valence-corrected chi connectivity index (χ3v) is 5.45. The van der Waals surface area contributed by atoms with E-state index in [1.54, 1.807) is 30.1 Å². The van der Waals surface area contributed by atoms with Crippen molar-refractivity contribution in [3.05, 3.63) is 59.5 Å². The van der Waals surface area contributed by atoms with Crippen molar-refractivity contribution in [2.45, 2.75) is 25.4 Å². The van der Waals surface area contributed by atoms with Crippen molar-refractivity contribution in [1.82, 2.24) is 15.1 Å². The van der Waals surface area contributed by atoms with Gasteiger partial charge in [0.2, 0.25) is 0 Å². The van der Waals surface area contributed by atoms with Crippen molar-refractivity contribution in [2.24, 2.45) is 4.99 Å². The van der Waals surface area contributed by atoms with Crippen LogP contribution in [-0.4, -0.2) is 61.4 Å². The van der Waals surface area contributed by atoms with E-state index in [0.29, 0.717) is 50.5 Å². The van der Waals surface area contributed by atoms with Gasteiger partial charge in [0.15, 0.2) is 11.7 Å². The lowest BCUT2D eigenvalue weighted by Crippen LogP contribution is -2.53. The monoisotopic (exact) mass is 436 g/mol. The van der Waals surface area contributed by atoms with Crippen LogP contribution in [0, 0.1) is 0 Å². The van der Waals surface area contributed by atoms with Gasteiger partial charge in [-0.15, -0.1) is 0 Å². The van der Waals surface area contributed by atoms with Crippen LogP contribution < -0.4 is 5.32 Å². The molecule has 0 radical (unpaired) electrons. The molecule has 1 atom stereocenters. The Kier molecular flexibility index (Phi) is 7.25. The summed E-state index contributed by atoms with van der Waals surface area (Å²) in [6.45, 7) is 4.88. The predicted octanol–water partition coefficient (Wildman–Crippen LogP) is 3.83. The highest BCUT2D eigenvalue weighted by molar-refractivity contribution is 5.91. The summed E-state index contributed by atoms with van der Waals surface area (Å²) in [7, 11) is 1.69. The number of guanidine groups is 1. The van der Waals surface area contributed by atoms with Crippen molar-refractivity contribution in [3.63, 3.8) is 0 Å². The highest BCUT2D eigenvalue weighted by Crippen LogP contribution is 2.31. The van der Waals surface area contributed by atoms with Crippen LogP contribution in [0.5, 0.6) is 0 Å². The maximum absolute atomic E-state index is 12.9. The van der Waals surface area contributed by atoms with E-state index in [-0.39, 0.29) is 11.8 Å². The van der Waals surface area contributed by atoms with Crippen LogP contribution in [0.25, 0.3) is 0 Å². The normalized spacial score (nSPS) is 16.4. The van der Waals surface area contributed by atoms with Crippen LogP contribution in [0.15, 0.2) is 52.1 Å². The Morgan fingerprint density at radius 1 is 1.16 bits per heavy atom. The predicted molar refractivity (Wildman–Crippen MR) is 112 cm³/mol. The lowest BCUT2D eigenvalue weighted by atomic mass is 9.96. The van der Waals surface area contributed by atoms with Gasteiger partial charge in [-0.1, -0.05) is 25.1 Å². The Bertz CT molecular complexity index is 888. The Hall–Kier alpha value is -2.97. The number of piperazine rings is 1. The summed E-state index contributed by atoms with van der Waals surface area (Å²) in [5, 5.41) is 3.29. The van der Waals surface area contributed by atoms with E-state index in [1.165, 1.54) is 18.4 Å². The minimum absolute atomic E-state index is 0.0318. The van der Waals surface area contributed by atoms with Crippen LogP contribution >= 0.6 is 0 Å². The summed E-state index contributed by atoms with van der Waals surface area (Å²) in [5.41, 5.74) is 0.0410. The van der Waals surface area contributed by atoms with E-state index in [1.807, 2.05) is 6.92 Å². The first-order valence-electron chi connectivity index (χ1n) is 10.2. The molecule has 1 saturated heterocycles. The number of carbonyl (C=O) groups excluding carboxylic acids is 1. The van der Waals surface area contributed by atoms with Gasteiger partial charge < -0.3 is 19.5 Å². The fourth-order valence-electron chi connectivity index (χ4n) is 3.60. The van der Waals surface area contributed by atoms with Gasteiger partial charge in [0, 0.05) is 39.8 Å². The molecule has 3 rings (SSSR count). The first kappa shape index (κ1) is 22.7. The number of hydrogen-bond acceptors (Lipinski definition) is 3. The molecule has 168 valence electrons. The second-order valence-electron chi connectivity index (χ2n) is 7.54. The van der Waals surface area contributed by atoms with Crippen molar-refractivity contribution >= 4 is 11.9 Å². The van der Waals surface area contributed by atoms with Gasteiger partial charge in [0.1, 0.15) is 0 Å². The number of nitrogens with one attached hydrogen (secondary N) is 1. The minimum Gasteiger partial charge on any atom is -0.459 e. The lowest BCUT2D eigenvalue weighted by molar-refractivity contribution is -0.137. The molecule has 1 aromatic carbocycles. The zero-order valence-corrected chi connectivity index (χ0v) is 17.7. The second-order valence-corrected chi connectivity index (χ2v) is 7.54. The minimum atomic E-state index is -4.34. The van der Waals surface area contributed by atoms with Crippen molar-refractivity contribution in [3.8, 4) is 0 Å². The molecule has 0 spiro atoms. The maximum atomic E-state index is 12.9. The van der Waals surface area contributed by atoms with Gasteiger partial charge in [0.05, 0.1) is 11.8 Å². The molecule has 1 aliphatic heterocycles. The highest BCUT2D eigenvalue weighted by Gasteiger charge is 2.30. The summed E-state index contributed by atoms with van der Waals surface area (Å²) < 4.78 is 44.0. The zero-order valence-electron chi connectivity index (χ0n) is 17.7. The largest absolute Gasteiger partial charge is 0.459 e. The van der Waals surface area contributed by atoms with E-state index in [9.17, 15) is 18.0 Å². The van der Waals surface area contributed by atoms with E-state index in [2.05, 4.69) is 15.2 Å². The topological polar surface area (TPSA) is 61.1 Å². The van der Waals surface area contributed by atoms with Crippen molar-refractivity contribution in [1.29, 1.82) is 0 Å². The smallest absolute Gasteiger partial charge is 0.416 e. The Morgan fingerprint density at radius 3 is 2.48 bits per heavy atom. The molecule has 1 aromatic heterocycles. The quantitative estimate of drug-likeness (QED) is 0.572. The van der Waals surface area contributed by atoms with E-state index >= 15 is 0 Å². The molecular weight excluding hydrogens is 409 g/mol. The first-order chi connectivity index (χ1) is 14.8. The number of amides is 1. The van der Waals surface area contributed by atoms with Crippen LogP contribution in [0.2, 0.25) is 0 Å². The molecule has 0 saturated carbocycles. The summed E-state index contributed by atoms with van der Waals surface area (Å²) in [5.74, 6) is 0.902. The number of alkyl halides is 3. The number of carbonyl (C=O) groups is 1. The van der Waals surface area contributed by atoms with Gasteiger partial charge in [0.25, 0.3) is 5.91 Å². The summed E-state index contributed by atoms with van der Waals surface area (Å²) in [6.07, 6.45) is -2.19. The average molecular weight is 436 g/mol. The molecule has 9 heteroatoms.